The highest BCUT2D eigenvalue weighted by molar-refractivity contribution is 7.10. The fraction of sp³-hybridized carbons (Fsp3) is 0.583. The van der Waals surface area contributed by atoms with Gasteiger partial charge in [0, 0.05) is 31.7 Å². The topological polar surface area (TPSA) is 55.6 Å². The van der Waals surface area contributed by atoms with Crippen molar-refractivity contribution in [3.63, 3.8) is 0 Å². The van der Waals surface area contributed by atoms with Crippen molar-refractivity contribution in [1.29, 1.82) is 0 Å². The van der Waals surface area contributed by atoms with Gasteiger partial charge >= 0.3 is 0 Å². The molecule has 0 radical (unpaired) electrons. The van der Waals surface area contributed by atoms with Crippen LogP contribution < -0.4 is 5.73 Å². The van der Waals surface area contributed by atoms with Crippen molar-refractivity contribution in [1.82, 2.24) is 4.90 Å². The van der Waals surface area contributed by atoms with Crippen LogP contribution in [0.1, 0.15) is 16.9 Å². The summed E-state index contributed by atoms with van der Waals surface area (Å²) in [5, 5.41) is 2.09. The first kappa shape index (κ1) is 12.5. The molecule has 2 rings (SSSR count). The zero-order valence-corrected chi connectivity index (χ0v) is 10.8. The SMILES string of the molecule is COCCC(N)C(=O)N1CCc2sccc2C1. The normalized spacial score (nSPS) is 16.7. The number of thiophene rings is 1. The standard InChI is InChI=1S/C12H18N2O2S/c1-16-6-3-10(13)12(15)14-5-2-11-9(8-14)4-7-17-11/h4,7,10H,2-3,5-6,8,13H2,1H3. The molecule has 1 aliphatic heterocycles. The minimum Gasteiger partial charge on any atom is -0.385 e. The van der Waals surface area contributed by atoms with Gasteiger partial charge in [-0.25, -0.2) is 0 Å². The minimum atomic E-state index is -0.435. The smallest absolute Gasteiger partial charge is 0.239 e. The number of methoxy groups -OCH3 is 1. The Balaban J connectivity index is 1.93. The summed E-state index contributed by atoms with van der Waals surface area (Å²) in [6, 6.07) is 1.66. The van der Waals surface area contributed by atoms with Gasteiger partial charge < -0.3 is 15.4 Å². The van der Waals surface area contributed by atoms with Gasteiger partial charge in [-0.3, -0.25) is 4.79 Å². The quantitative estimate of drug-likeness (QED) is 0.872. The van der Waals surface area contributed by atoms with E-state index in [9.17, 15) is 4.79 Å². The van der Waals surface area contributed by atoms with Gasteiger partial charge in [-0.1, -0.05) is 0 Å². The van der Waals surface area contributed by atoms with E-state index in [1.165, 1.54) is 10.4 Å². The highest BCUT2D eigenvalue weighted by Gasteiger charge is 2.25. The van der Waals surface area contributed by atoms with Crippen LogP contribution in [-0.4, -0.2) is 37.1 Å². The number of nitrogens with zero attached hydrogens (tertiary/aromatic N) is 1. The lowest BCUT2D eigenvalue weighted by molar-refractivity contribution is -0.133. The molecule has 4 nitrogen and oxygen atoms in total. The maximum Gasteiger partial charge on any atom is 0.239 e. The summed E-state index contributed by atoms with van der Waals surface area (Å²) in [5.74, 6) is 0.0406. The van der Waals surface area contributed by atoms with Gasteiger partial charge in [0.2, 0.25) is 5.91 Å². The highest BCUT2D eigenvalue weighted by Crippen LogP contribution is 2.24. The molecule has 0 fully saturated rings. The maximum atomic E-state index is 12.1. The molecular formula is C12H18N2O2S. The van der Waals surface area contributed by atoms with Crippen LogP contribution in [0.15, 0.2) is 11.4 Å². The van der Waals surface area contributed by atoms with E-state index in [-0.39, 0.29) is 5.91 Å². The van der Waals surface area contributed by atoms with Crippen LogP contribution in [0.2, 0.25) is 0 Å². The first-order valence-electron chi connectivity index (χ1n) is 5.81. The molecule has 0 spiro atoms. The molecule has 2 heterocycles. The molecule has 1 amide bonds. The van der Waals surface area contributed by atoms with E-state index in [4.69, 9.17) is 10.5 Å². The fourth-order valence-corrected chi connectivity index (χ4v) is 2.93. The molecule has 1 aliphatic rings. The second-order valence-electron chi connectivity index (χ2n) is 4.27. The zero-order valence-electron chi connectivity index (χ0n) is 10.0. The minimum absolute atomic E-state index is 0.0406. The second-order valence-corrected chi connectivity index (χ2v) is 5.27. The number of hydrogen-bond donors (Lipinski definition) is 1. The van der Waals surface area contributed by atoms with Crippen molar-refractivity contribution in [3.05, 3.63) is 21.9 Å². The lowest BCUT2D eigenvalue weighted by atomic mass is 10.1. The first-order valence-corrected chi connectivity index (χ1v) is 6.69. The Labute approximate surface area is 105 Å². The van der Waals surface area contributed by atoms with Crippen molar-refractivity contribution < 1.29 is 9.53 Å². The monoisotopic (exact) mass is 254 g/mol. The summed E-state index contributed by atoms with van der Waals surface area (Å²) in [7, 11) is 1.62. The predicted molar refractivity (Wildman–Crippen MR) is 67.9 cm³/mol. The number of rotatable bonds is 4. The summed E-state index contributed by atoms with van der Waals surface area (Å²) in [6.07, 6.45) is 1.54. The van der Waals surface area contributed by atoms with Crippen molar-refractivity contribution in [2.75, 3.05) is 20.3 Å². The maximum absolute atomic E-state index is 12.1. The number of carbonyl (C=O) groups is 1. The van der Waals surface area contributed by atoms with Gasteiger partial charge in [0.05, 0.1) is 6.04 Å². The molecule has 1 atom stereocenters. The van der Waals surface area contributed by atoms with Crippen molar-refractivity contribution in [2.45, 2.75) is 25.4 Å². The van der Waals surface area contributed by atoms with E-state index in [2.05, 4.69) is 11.4 Å². The third kappa shape index (κ3) is 2.86. The van der Waals surface area contributed by atoms with Crippen molar-refractivity contribution in [2.24, 2.45) is 5.73 Å². The molecule has 17 heavy (non-hydrogen) atoms. The molecule has 1 unspecified atom stereocenters. The first-order chi connectivity index (χ1) is 8.22. The summed E-state index contributed by atoms with van der Waals surface area (Å²) >= 11 is 1.77. The van der Waals surface area contributed by atoms with Crippen LogP contribution >= 0.6 is 11.3 Å². The molecule has 0 aliphatic carbocycles. The lowest BCUT2D eigenvalue weighted by Gasteiger charge is -2.29. The van der Waals surface area contributed by atoms with Crippen LogP contribution in [-0.2, 0) is 22.5 Å². The number of carbonyl (C=O) groups excluding carboxylic acids is 1. The summed E-state index contributed by atoms with van der Waals surface area (Å²) in [6.45, 7) is 2.02. The Bertz CT molecular complexity index is 392. The van der Waals surface area contributed by atoms with Crippen LogP contribution in [0, 0.1) is 0 Å². The molecule has 1 aromatic heterocycles. The Morgan fingerprint density at radius 1 is 1.71 bits per heavy atom. The van der Waals surface area contributed by atoms with Gasteiger partial charge in [-0.05, 0) is 29.9 Å². The average molecular weight is 254 g/mol. The predicted octanol–water partition coefficient (Wildman–Crippen LogP) is 0.997. The van der Waals surface area contributed by atoms with Crippen LogP contribution in [0.25, 0.3) is 0 Å². The summed E-state index contributed by atoms with van der Waals surface area (Å²) < 4.78 is 4.94. The van der Waals surface area contributed by atoms with E-state index in [0.717, 1.165) is 13.0 Å². The highest BCUT2D eigenvalue weighted by atomic mass is 32.1. The van der Waals surface area contributed by atoms with Crippen LogP contribution in [0.5, 0.6) is 0 Å². The van der Waals surface area contributed by atoms with Gasteiger partial charge in [0.1, 0.15) is 0 Å². The second kappa shape index (κ2) is 5.62. The Hall–Kier alpha value is -0.910. The van der Waals surface area contributed by atoms with Crippen LogP contribution in [0.4, 0.5) is 0 Å². The molecule has 0 aromatic carbocycles. The van der Waals surface area contributed by atoms with E-state index >= 15 is 0 Å². The molecule has 0 bridgehead atoms. The van der Waals surface area contributed by atoms with E-state index in [0.29, 0.717) is 19.6 Å². The fourth-order valence-electron chi connectivity index (χ4n) is 2.04. The Morgan fingerprint density at radius 3 is 3.29 bits per heavy atom. The summed E-state index contributed by atoms with van der Waals surface area (Å²) in [5.41, 5.74) is 7.13. The molecular weight excluding hydrogens is 236 g/mol. The van der Waals surface area contributed by atoms with E-state index in [1.807, 2.05) is 4.90 Å². The molecule has 1 aromatic rings. The van der Waals surface area contributed by atoms with Gasteiger partial charge in [-0.15, -0.1) is 11.3 Å². The molecule has 2 N–H and O–H groups in total. The van der Waals surface area contributed by atoms with Crippen LogP contribution in [0.3, 0.4) is 0 Å². The number of hydrogen-bond acceptors (Lipinski definition) is 4. The lowest BCUT2D eigenvalue weighted by Crippen LogP contribution is -2.46. The largest absolute Gasteiger partial charge is 0.385 e. The zero-order chi connectivity index (χ0) is 12.3. The number of nitrogens with two attached hydrogens (primary N) is 1. The molecule has 94 valence electrons. The van der Waals surface area contributed by atoms with Crippen molar-refractivity contribution >= 4 is 17.2 Å². The number of ether oxygens (including phenoxy) is 1. The molecule has 0 saturated carbocycles. The molecule has 0 saturated heterocycles. The third-order valence-electron chi connectivity index (χ3n) is 3.07. The van der Waals surface area contributed by atoms with Gasteiger partial charge in [0.25, 0.3) is 0 Å². The van der Waals surface area contributed by atoms with E-state index < -0.39 is 6.04 Å². The number of fused-ring (bicyclic) bond motifs is 1. The Kier molecular flexibility index (Phi) is 4.15. The number of amides is 1. The van der Waals surface area contributed by atoms with Gasteiger partial charge in [0.15, 0.2) is 0 Å². The Morgan fingerprint density at radius 2 is 2.53 bits per heavy atom. The van der Waals surface area contributed by atoms with Crippen molar-refractivity contribution in [3.8, 4) is 0 Å². The van der Waals surface area contributed by atoms with Gasteiger partial charge in [-0.2, -0.15) is 0 Å². The third-order valence-corrected chi connectivity index (χ3v) is 4.09. The van der Waals surface area contributed by atoms with E-state index in [1.54, 1.807) is 18.4 Å². The summed E-state index contributed by atoms with van der Waals surface area (Å²) in [4.78, 5) is 15.3. The molecule has 5 heteroatoms. The average Bonchev–Trinajstić information content (AvgIpc) is 2.81.